The van der Waals surface area contributed by atoms with Crippen molar-refractivity contribution in [1.29, 1.82) is 0 Å². The van der Waals surface area contributed by atoms with Crippen molar-refractivity contribution in [3.63, 3.8) is 0 Å². The molecule has 1 aliphatic rings. The van der Waals surface area contributed by atoms with Crippen LogP contribution in [0.5, 0.6) is 0 Å². The fourth-order valence-electron chi connectivity index (χ4n) is 3.02. The average Bonchev–Trinajstić information content (AvgIpc) is 2.95. The Balaban J connectivity index is 1.65. The molecule has 1 saturated heterocycles. The van der Waals surface area contributed by atoms with E-state index in [1.807, 2.05) is 13.0 Å². The summed E-state index contributed by atoms with van der Waals surface area (Å²) in [4.78, 5) is 19.1. The summed E-state index contributed by atoms with van der Waals surface area (Å²) in [6.07, 6.45) is 2.15. The summed E-state index contributed by atoms with van der Waals surface area (Å²) >= 11 is 1.72. The minimum Gasteiger partial charge on any atom is -0.348 e. The van der Waals surface area contributed by atoms with Crippen molar-refractivity contribution in [1.82, 2.24) is 14.8 Å². The normalized spacial score (nSPS) is 16.6. The smallest absolute Gasteiger partial charge is 0.266 e. The molecule has 3 heterocycles. The molecule has 0 aliphatic carbocycles. The molecule has 0 atom stereocenters. The fourth-order valence-corrected chi connectivity index (χ4v) is 3.87. The minimum atomic E-state index is -0.0402. The summed E-state index contributed by atoms with van der Waals surface area (Å²) in [6, 6.07) is 3.51. The predicted molar refractivity (Wildman–Crippen MR) is 99.0 cm³/mol. The van der Waals surface area contributed by atoms with E-state index in [9.17, 15) is 4.79 Å². The molecule has 0 bridgehead atoms. The highest BCUT2D eigenvalue weighted by atomic mass is 32.1. The first-order valence-corrected chi connectivity index (χ1v) is 9.46. The molecule has 6 heteroatoms. The lowest BCUT2D eigenvalue weighted by Gasteiger charge is -2.32. The Kier molecular flexibility index (Phi) is 4.76. The first kappa shape index (κ1) is 17.1. The number of thiazole rings is 1. The summed E-state index contributed by atoms with van der Waals surface area (Å²) in [5.74, 6) is 0.503. The van der Waals surface area contributed by atoms with Crippen molar-refractivity contribution in [2.75, 3.05) is 18.0 Å². The fraction of sp³-hybridized carbons (Fsp3) is 0.611. The lowest BCUT2D eigenvalue weighted by molar-refractivity contribution is 0.330. The second-order valence-corrected chi connectivity index (χ2v) is 8.53. The van der Waals surface area contributed by atoms with Crippen molar-refractivity contribution in [2.24, 2.45) is 5.92 Å². The average molecular weight is 347 g/mol. The molecule has 0 unspecified atom stereocenters. The van der Waals surface area contributed by atoms with Gasteiger partial charge < -0.3 is 4.90 Å². The first-order chi connectivity index (χ1) is 11.3. The van der Waals surface area contributed by atoms with Gasteiger partial charge in [-0.1, -0.05) is 20.8 Å². The Morgan fingerprint density at radius 3 is 2.54 bits per heavy atom. The Bertz CT molecular complexity index is 751. The molecule has 0 amide bonds. The van der Waals surface area contributed by atoms with Gasteiger partial charge in [0.15, 0.2) is 5.13 Å². The van der Waals surface area contributed by atoms with Gasteiger partial charge in [-0.2, -0.15) is 5.10 Å². The maximum Gasteiger partial charge on any atom is 0.266 e. The summed E-state index contributed by atoms with van der Waals surface area (Å²) in [5, 5.41) is 7.82. The van der Waals surface area contributed by atoms with Gasteiger partial charge in [-0.25, -0.2) is 9.67 Å². The molecule has 1 fully saturated rings. The van der Waals surface area contributed by atoms with Crippen LogP contribution in [0.4, 0.5) is 5.13 Å². The van der Waals surface area contributed by atoms with Crippen molar-refractivity contribution >= 4 is 16.5 Å². The zero-order valence-corrected chi connectivity index (χ0v) is 15.8. The van der Waals surface area contributed by atoms with Crippen LogP contribution in [0.3, 0.4) is 0 Å². The maximum atomic E-state index is 12.1. The van der Waals surface area contributed by atoms with Crippen LogP contribution in [0.2, 0.25) is 0 Å². The van der Waals surface area contributed by atoms with E-state index in [1.165, 1.54) is 0 Å². The van der Waals surface area contributed by atoms with Gasteiger partial charge >= 0.3 is 0 Å². The largest absolute Gasteiger partial charge is 0.348 e. The molecule has 0 saturated carbocycles. The molecule has 0 radical (unpaired) electrons. The van der Waals surface area contributed by atoms with Gasteiger partial charge in [0.1, 0.15) is 0 Å². The van der Waals surface area contributed by atoms with E-state index >= 15 is 0 Å². The topological polar surface area (TPSA) is 51.0 Å². The molecule has 3 rings (SSSR count). The van der Waals surface area contributed by atoms with Gasteiger partial charge in [0, 0.05) is 36.5 Å². The molecule has 0 spiro atoms. The molecule has 24 heavy (non-hydrogen) atoms. The van der Waals surface area contributed by atoms with Crippen LogP contribution < -0.4 is 10.5 Å². The zero-order valence-electron chi connectivity index (χ0n) is 15.0. The second kappa shape index (κ2) is 6.67. The monoisotopic (exact) mass is 346 g/mol. The minimum absolute atomic E-state index is 0.000905. The van der Waals surface area contributed by atoms with Crippen LogP contribution in [0.15, 0.2) is 22.3 Å². The highest BCUT2D eigenvalue weighted by Crippen LogP contribution is 2.26. The van der Waals surface area contributed by atoms with E-state index < -0.39 is 0 Å². The van der Waals surface area contributed by atoms with Gasteiger partial charge in [-0.3, -0.25) is 4.79 Å². The Labute approximate surface area is 147 Å². The summed E-state index contributed by atoms with van der Waals surface area (Å²) in [5.41, 5.74) is 2.02. The lowest BCUT2D eigenvalue weighted by atomic mass is 9.92. The van der Waals surface area contributed by atoms with Crippen molar-refractivity contribution in [3.05, 3.63) is 39.3 Å². The van der Waals surface area contributed by atoms with E-state index in [4.69, 9.17) is 0 Å². The highest BCUT2D eigenvalue weighted by Gasteiger charge is 2.23. The lowest BCUT2D eigenvalue weighted by Crippen LogP contribution is -2.37. The van der Waals surface area contributed by atoms with Crippen molar-refractivity contribution < 1.29 is 0 Å². The molecule has 5 nitrogen and oxygen atoms in total. The number of nitrogens with zero attached hydrogens (tertiary/aromatic N) is 4. The van der Waals surface area contributed by atoms with Crippen LogP contribution in [-0.4, -0.2) is 27.9 Å². The molecule has 1 aliphatic heterocycles. The third kappa shape index (κ3) is 3.86. The third-order valence-electron chi connectivity index (χ3n) is 4.56. The molecule has 2 aromatic heterocycles. The Morgan fingerprint density at radius 2 is 1.96 bits per heavy atom. The van der Waals surface area contributed by atoms with Gasteiger partial charge in [0.05, 0.1) is 11.4 Å². The standard InChI is InChI=1S/C18H26N4OS/c1-13-12-24-17(19-13)21-9-7-14(8-10-21)11-22-16(23)6-5-15(20-22)18(2,3)4/h5-6,12,14H,7-11H2,1-4H3. The predicted octanol–water partition coefficient (Wildman–Crippen LogP) is 3.22. The van der Waals surface area contributed by atoms with Crippen molar-refractivity contribution in [2.45, 2.75) is 52.5 Å². The van der Waals surface area contributed by atoms with Gasteiger partial charge in [0.25, 0.3) is 5.56 Å². The highest BCUT2D eigenvalue weighted by molar-refractivity contribution is 7.13. The molecular formula is C18H26N4OS. The van der Waals surface area contributed by atoms with Crippen LogP contribution in [-0.2, 0) is 12.0 Å². The van der Waals surface area contributed by atoms with E-state index in [1.54, 1.807) is 22.1 Å². The van der Waals surface area contributed by atoms with Gasteiger partial charge in [-0.15, -0.1) is 11.3 Å². The third-order valence-corrected chi connectivity index (χ3v) is 5.58. The quantitative estimate of drug-likeness (QED) is 0.856. The van der Waals surface area contributed by atoms with Gasteiger partial charge in [-0.05, 0) is 31.7 Å². The van der Waals surface area contributed by atoms with Crippen LogP contribution >= 0.6 is 11.3 Å². The Hall–Kier alpha value is -1.69. The molecular weight excluding hydrogens is 320 g/mol. The number of hydrogen-bond donors (Lipinski definition) is 0. The van der Waals surface area contributed by atoms with E-state index in [0.717, 1.165) is 42.5 Å². The number of anilines is 1. The van der Waals surface area contributed by atoms with Crippen LogP contribution in [0.1, 0.15) is 45.0 Å². The van der Waals surface area contributed by atoms with E-state index in [2.05, 4.69) is 41.1 Å². The molecule has 0 aromatic carbocycles. The Morgan fingerprint density at radius 1 is 1.25 bits per heavy atom. The van der Waals surface area contributed by atoms with E-state index in [0.29, 0.717) is 12.5 Å². The molecule has 0 N–H and O–H groups in total. The molecule has 130 valence electrons. The van der Waals surface area contributed by atoms with Crippen LogP contribution in [0.25, 0.3) is 0 Å². The number of aryl methyl sites for hydroxylation is 1. The number of piperidine rings is 1. The summed E-state index contributed by atoms with van der Waals surface area (Å²) < 4.78 is 1.66. The SMILES string of the molecule is Cc1csc(N2CCC(Cn3nc(C(C)(C)C)ccc3=O)CC2)n1. The summed E-state index contributed by atoms with van der Waals surface area (Å²) in [7, 11) is 0. The summed E-state index contributed by atoms with van der Waals surface area (Å²) in [6.45, 7) is 11.1. The number of hydrogen-bond acceptors (Lipinski definition) is 5. The number of aromatic nitrogens is 3. The van der Waals surface area contributed by atoms with E-state index in [-0.39, 0.29) is 11.0 Å². The maximum absolute atomic E-state index is 12.1. The first-order valence-electron chi connectivity index (χ1n) is 8.58. The second-order valence-electron chi connectivity index (χ2n) is 7.69. The van der Waals surface area contributed by atoms with Gasteiger partial charge in [0.2, 0.25) is 0 Å². The van der Waals surface area contributed by atoms with Crippen LogP contribution in [0, 0.1) is 12.8 Å². The van der Waals surface area contributed by atoms with Crippen molar-refractivity contribution in [3.8, 4) is 0 Å². The molecule has 2 aromatic rings. The number of rotatable bonds is 3. The zero-order chi connectivity index (χ0) is 17.3.